The van der Waals surface area contributed by atoms with E-state index in [1.54, 1.807) is 14.2 Å². The number of aromatic nitrogens is 1. The van der Waals surface area contributed by atoms with Gasteiger partial charge < -0.3 is 20.1 Å². The molecule has 0 spiro atoms. The largest absolute Gasteiger partial charge is 0.493 e. The molecule has 0 saturated heterocycles. The van der Waals surface area contributed by atoms with Crippen LogP contribution in [0.15, 0.2) is 23.2 Å². The molecule has 1 aliphatic rings. The lowest BCUT2D eigenvalue weighted by Gasteiger charge is -2.14. The minimum Gasteiger partial charge on any atom is -0.493 e. The summed E-state index contributed by atoms with van der Waals surface area (Å²) in [5.41, 5.74) is 2.25. The van der Waals surface area contributed by atoms with Gasteiger partial charge in [-0.25, -0.2) is 4.98 Å². The van der Waals surface area contributed by atoms with E-state index in [0.29, 0.717) is 12.4 Å². The van der Waals surface area contributed by atoms with Crippen LogP contribution in [0.5, 0.6) is 11.5 Å². The number of thiazole rings is 1. The molecule has 8 heteroatoms. The number of aryl methyl sites for hydroxylation is 3. The molecule has 3 rings (SSSR count). The Hall–Kier alpha value is -1.55. The van der Waals surface area contributed by atoms with E-state index in [-0.39, 0.29) is 24.0 Å². The molecule has 0 radical (unpaired) electrons. The Morgan fingerprint density at radius 3 is 2.79 bits per heavy atom. The van der Waals surface area contributed by atoms with Crippen LogP contribution in [0.4, 0.5) is 5.69 Å². The Morgan fingerprint density at radius 2 is 2.07 bits per heavy atom. The number of nitrogens with zero attached hydrogens (tertiary/aromatic N) is 2. The molecule has 0 bridgehead atoms. The fourth-order valence-electron chi connectivity index (χ4n) is 3.29. The van der Waals surface area contributed by atoms with Crippen LogP contribution >= 0.6 is 35.3 Å². The van der Waals surface area contributed by atoms with Crippen LogP contribution in [0.25, 0.3) is 0 Å². The molecule has 2 N–H and O–H groups in total. The molecule has 1 aromatic carbocycles. The van der Waals surface area contributed by atoms with E-state index < -0.39 is 0 Å². The molecule has 0 atom stereocenters. The van der Waals surface area contributed by atoms with E-state index >= 15 is 0 Å². The fourth-order valence-corrected chi connectivity index (χ4v) is 4.49. The summed E-state index contributed by atoms with van der Waals surface area (Å²) in [6, 6.07) is 5.78. The maximum Gasteiger partial charge on any atom is 0.195 e. The van der Waals surface area contributed by atoms with E-state index in [1.165, 1.54) is 34.8 Å². The first-order valence-electron chi connectivity index (χ1n) is 9.99. The summed E-state index contributed by atoms with van der Waals surface area (Å²) in [7, 11) is 3.42. The van der Waals surface area contributed by atoms with Crippen molar-refractivity contribution < 1.29 is 9.47 Å². The summed E-state index contributed by atoms with van der Waals surface area (Å²) in [5.74, 6) is 2.18. The molecular formula is C21H31IN4O2S. The molecule has 29 heavy (non-hydrogen) atoms. The van der Waals surface area contributed by atoms with E-state index in [4.69, 9.17) is 14.5 Å². The van der Waals surface area contributed by atoms with Gasteiger partial charge >= 0.3 is 0 Å². The quantitative estimate of drug-likeness (QED) is 0.225. The minimum absolute atomic E-state index is 0. The monoisotopic (exact) mass is 530 g/mol. The lowest BCUT2D eigenvalue weighted by molar-refractivity contribution is 0.311. The van der Waals surface area contributed by atoms with E-state index in [9.17, 15) is 0 Å². The standard InChI is InChI=1S/C21H30N4O2S.HI/c1-4-27-17-12-11-15(14-18(17)26-3)24-21(22-2)23-13-7-10-20-25-16-8-5-6-9-19(16)28-20;/h11-12,14H,4-10,13H2,1-3H3,(H2,22,23,24);1H. The smallest absolute Gasteiger partial charge is 0.195 e. The second-order valence-electron chi connectivity index (χ2n) is 6.71. The number of guanidine groups is 1. The van der Waals surface area contributed by atoms with Crippen LogP contribution in [-0.2, 0) is 19.3 Å². The normalized spacial score (nSPS) is 13.3. The molecular weight excluding hydrogens is 499 g/mol. The van der Waals surface area contributed by atoms with Crippen LogP contribution in [0.1, 0.15) is 41.8 Å². The molecule has 160 valence electrons. The number of halogens is 1. The minimum atomic E-state index is 0. The van der Waals surface area contributed by atoms with Gasteiger partial charge in [0.1, 0.15) is 0 Å². The Bertz CT molecular complexity index is 786. The molecule has 0 fully saturated rings. The molecule has 1 heterocycles. The van der Waals surface area contributed by atoms with Gasteiger partial charge in [-0.2, -0.15) is 0 Å². The molecule has 0 unspecified atom stereocenters. The number of hydrogen-bond donors (Lipinski definition) is 2. The van der Waals surface area contributed by atoms with Gasteiger partial charge in [-0.15, -0.1) is 35.3 Å². The molecule has 1 aromatic heterocycles. The van der Waals surface area contributed by atoms with E-state index in [0.717, 1.165) is 43.2 Å². The predicted molar refractivity (Wildman–Crippen MR) is 132 cm³/mol. The van der Waals surface area contributed by atoms with Crippen molar-refractivity contribution >= 4 is 47.0 Å². The number of aliphatic imine (C=N–C) groups is 1. The van der Waals surface area contributed by atoms with Crippen molar-refractivity contribution in [1.82, 2.24) is 10.3 Å². The number of fused-ring (bicyclic) bond motifs is 1. The highest BCUT2D eigenvalue weighted by atomic mass is 127. The van der Waals surface area contributed by atoms with Crippen molar-refractivity contribution in [2.24, 2.45) is 4.99 Å². The molecule has 0 aliphatic heterocycles. The van der Waals surface area contributed by atoms with Gasteiger partial charge in [0.2, 0.25) is 0 Å². The fraction of sp³-hybridized carbons (Fsp3) is 0.524. The Morgan fingerprint density at radius 1 is 1.24 bits per heavy atom. The van der Waals surface area contributed by atoms with Gasteiger partial charge in [-0.3, -0.25) is 4.99 Å². The second kappa shape index (κ2) is 12.2. The van der Waals surface area contributed by atoms with Gasteiger partial charge in [-0.05, 0) is 51.2 Å². The van der Waals surface area contributed by atoms with Gasteiger partial charge in [0.25, 0.3) is 0 Å². The van der Waals surface area contributed by atoms with Crippen molar-refractivity contribution in [1.29, 1.82) is 0 Å². The number of benzene rings is 1. The lowest BCUT2D eigenvalue weighted by Crippen LogP contribution is -2.31. The summed E-state index contributed by atoms with van der Waals surface area (Å²) >= 11 is 1.90. The third-order valence-corrected chi connectivity index (χ3v) is 5.92. The first kappa shape index (κ1) is 23.7. The number of nitrogens with one attached hydrogen (secondary N) is 2. The van der Waals surface area contributed by atoms with Crippen molar-refractivity contribution in [2.45, 2.75) is 45.4 Å². The van der Waals surface area contributed by atoms with Crippen LogP contribution in [-0.4, -0.2) is 38.3 Å². The van der Waals surface area contributed by atoms with Crippen molar-refractivity contribution in [3.8, 4) is 11.5 Å². The number of methoxy groups -OCH3 is 1. The van der Waals surface area contributed by atoms with Crippen LogP contribution < -0.4 is 20.1 Å². The first-order chi connectivity index (χ1) is 13.7. The van der Waals surface area contributed by atoms with Gasteiger partial charge in [0, 0.05) is 36.6 Å². The Balaban J connectivity index is 0.00000300. The van der Waals surface area contributed by atoms with Crippen molar-refractivity contribution in [2.75, 3.05) is 32.6 Å². The number of rotatable bonds is 8. The maximum absolute atomic E-state index is 5.56. The zero-order valence-electron chi connectivity index (χ0n) is 17.4. The van der Waals surface area contributed by atoms with E-state index in [1.807, 2.05) is 36.5 Å². The summed E-state index contributed by atoms with van der Waals surface area (Å²) < 4.78 is 11.0. The lowest BCUT2D eigenvalue weighted by atomic mass is 10.0. The SMILES string of the molecule is CCOc1ccc(NC(=NC)NCCCc2nc3c(s2)CCCC3)cc1OC.I. The van der Waals surface area contributed by atoms with Gasteiger partial charge in [0.15, 0.2) is 17.5 Å². The molecule has 6 nitrogen and oxygen atoms in total. The van der Waals surface area contributed by atoms with Crippen LogP contribution in [0.3, 0.4) is 0 Å². The summed E-state index contributed by atoms with van der Waals surface area (Å²) in [6.45, 7) is 3.41. The zero-order valence-corrected chi connectivity index (χ0v) is 20.6. The third kappa shape index (κ3) is 6.74. The van der Waals surface area contributed by atoms with Gasteiger partial charge in [0.05, 0.1) is 24.4 Å². The maximum atomic E-state index is 5.56. The topological polar surface area (TPSA) is 67.8 Å². The van der Waals surface area contributed by atoms with Crippen LogP contribution in [0, 0.1) is 0 Å². The number of hydrogen-bond acceptors (Lipinski definition) is 5. The Kier molecular flexibility index (Phi) is 9.99. The highest BCUT2D eigenvalue weighted by Gasteiger charge is 2.14. The molecule has 2 aromatic rings. The molecule has 0 saturated carbocycles. The molecule has 0 amide bonds. The number of anilines is 1. The van der Waals surface area contributed by atoms with E-state index in [2.05, 4.69) is 15.6 Å². The average molecular weight is 530 g/mol. The van der Waals surface area contributed by atoms with Crippen LogP contribution in [0.2, 0.25) is 0 Å². The third-order valence-electron chi connectivity index (χ3n) is 4.70. The molecule has 1 aliphatic carbocycles. The zero-order chi connectivity index (χ0) is 19.8. The summed E-state index contributed by atoms with van der Waals surface area (Å²) in [5, 5.41) is 7.94. The number of ether oxygens (including phenoxy) is 2. The first-order valence-corrected chi connectivity index (χ1v) is 10.8. The summed E-state index contributed by atoms with van der Waals surface area (Å²) in [6.07, 6.45) is 7.02. The van der Waals surface area contributed by atoms with Crippen molar-refractivity contribution in [3.05, 3.63) is 33.8 Å². The predicted octanol–water partition coefficient (Wildman–Crippen LogP) is 4.67. The van der Waals surface area contributed by atoms with Gasteiger partial charge in [-0.1, -0.05) is 0 Å². The Labute approximate surface area is 194 Å². The van der Waals surface area contributed by atoms with Crippen molar-refractivity contribution in [3.63, 3.8) is 0 Å². The summed E-state index contributed by atoms with van der Waals surface area (Å²) in [4.78, 5) is 10.6. The highest BCUT2D eigenvalue weighted by molar-refractivity contribution is 14.0. The second-order valence-corrected chi connectivity index (χ2v) is 7.88. The highest BCUT2D eigenvalue weighted by Crippen LogP contribution is 2.30. The average Bonchev–Trinajstić information content (AvgIpc) is 3.14.